The zero-order chi connectivity index (χ0) is 18.4. The second-order valence-electron chi connectivity index (χ2n) is 7.22. The van der Waals surface area contributed by atoms with Gasteiger partial charge in [0, 0.05) is 38.4 Å². The SMILES string of the molecule is Cc1cccc(CC(=O)NCCc2ccc(N3CCN(C)CC3)cc2)c1. The van der Waals surface area contributed by atoms with Crippen LogP contribution in [0.5, 0.6) is 0 Å². The van der Waals surface area contributed by atoms with Crippen LogP contribution < -0.4 is 10.2 Å². The van der Waals surface area contributed by atoms with Crippen LogP contribution in [0.15, 0.2) is 48.5 Å². The van der Waals surface area contributed by atoms with Crippen molar-refractivity contribution in [2.75, 3.05) is 44.7 Å². The highest BCUT2D eigenvalue weighted by atomic mass is 16.1. The van der Waals surface area contributed by atoms with Crippen LogP contribution in [0.2, 0.25) is 0 Å². The molecule has 1 fully saturated rings. The Hall–Kier alpha value is -2.33. The van der Waals surface area contributed by atoms with Crippen LogP contribution in [0.4, 0.5) is 5.69 Å². The highest BCUT2D eigenvalue weighted by molar-refractivity contribution is 5.78. The number of hydrogen-bond acceptors (Lipinski definition) is 3. The number of carbonyl (C=O) groups is 1. The van der Waals surface area contributed by atoms with Gasteiger partial charge in [-0.15, -0.1) is 0 Å². The molecule has 2 aromatic rings. The molecule has 1 aliphatic heterocycles. The molecule has 3 rings (SSSR count). The number of hydrogen-bond donors (Lipinski definition) is 1. The van der Waals surface area contributed by atoms with E-state index in [9.17, 15) is 4.79 Å². The summed E-state index contributed by atoms with van der Waals surface area (Å²) in [5.41, 5.74) is 4.82. The molecule has 138 valence electrons. The van der Waals surface area contributed by atoms with Crippen molar-refractivity contribution in [3.05, 3.63) is 65.2 Å². The van der Waals surface area contributed by atoms with Crippen LogP contribution in [-0.2, 0) is 17.6 Å². The molecule has 1 saturated heterocycles. The summed E-state index contributed by atoms with van der Waals surface area (Å²) >= 11 is 0. The minimum absolute atomic E-state index is 0.0876. The Morgan fingerprint density at radius 1 is 1.00 bits per heavy atom. The van der Waals surface area contributed by atoms with Crippen molar-refractivity contribution in [2.24, 2.45) is 0 Å². The second kappa shape index (κ2) is 8.86. The van der Waals surface area contributed by atoms with E-state index < -0.39 is 0 Å². The number of nitrogens with one attached hydrogen (secondary N) is 1. The molecule has 0 saturated carbocycles. The summed E-state index contributed by atoms with van der Waals surface area (Å²) in [6, 6.07) is 16.9. The first kappa shape index (κ1) is 18.5. The number of likely N-dealkylation sites (N-methyl/N-ethyl adjacent to an activating group) is 1. The smallest absolute Gasteiger partial charge is 0.224 e. The molecule has 1 N–H and O–H groups in total. The number of nitrogens with zero attached hydrogens (tertiary/aromatic N) is 2. The molecule has 0 radical (unpaired) electrons. The fourth-order valence-electron chi connectivity index (χ4n) is 3.35. The van der Waals surface area contributed by atoms with E-state index >= 15 is 0 Å². The molecule has 4 nitrogen and oxygen atoms in total. The molecule has 0 bridgehead atoms. The average Bonchev–Trinajstić information content (AvgIpc) is 2.63. The molecule has 0 atom stereocenters. The Morgan fingerprint density at radius 3 is 2.42 bits per heavy atom. The summed E-state index contributed by atoms with van der Waals surface area (Å²) in [4.78, 5) is 16.9. The zero-order valence-electron chi connectivity index (χ0n) is 15.9. The van der Waals surface area contributed by atoms with Crippen molar-refractivity contribution in [3.8, 4) is 0 Å². The lowest BCUT2D eigenvalue weighted by atomic mass is 10.1. The number of piperazine rings is 1. The number of aryl methyl sites for hydroxylation is 1. The van der Waals surface area contributed by atoms with Crippen molar-refractivity contribution in [2.45, 2.75) is 19.8 Å². The van der Waals surface area contributed by atoms with E-state index in [1.54, 1.807) is 0 Å². The maximum atomic E-state index is 12.1. The van der Waals surface area contributed by atoms with Crippen molar-refractivity contribution < 1.29 is 4.79 Å². The standard InChI is InChI=1S/C22H29N3O/c1-18-4-3-5-20(16-18)17-22(26)23-11-10-19-6-8-21(9-7-19)25-14-12-24(2)13-15-25/h3-9,16H,10-15,17H2,1-2H3,(H,23,26). The second-order valence-corrected chi connectivity index (χ2v) is 7.22. The third-order valence-electron chi connectivity index (χ3n) is 4.99. The number of rotatable bonds is 6. The Morgan fingerprint density at radius 2 is 1.73 bits per heavy atom. The van der Waals surface area contributed by atoms with Crippen LogP contribution in [0.25, 0.3) is 0 Å². The van der Waals surface area contributed by atoms with Gasteiger partial charge in [0.1, 0.15) is 0 Å². The van der Waals surface area contributed by atoms with Crippen LogP contribution in [0, 0.1) is 6.92 Å². The van der Waals surface area contributed by atoms with Crippen molar-refractivity contribution in [3.63, 3.8) is 0 Å². The van der Waals surface area contributed by atoms with Crippen LogP contribution >= 0.6 is 0 Å². The Balaban J connectivity index is 1.42. The van der Waals surface area contributed by atoms with E-state index in [4.69, 9.17) is 0 Å². The van der Waals surface area contributed by atoms with Crippen LogP contribution in [0.1, 0.15) is 16.7 Å². The zero-order valence-corrected chi connectivity index (χ0v) is 15.9. The van der Waals surface area contributed by atoms with Gasteiger partial charge in [-0.25, -0.2) is 0 Å². The molecule has 2 aromatic carbocycles. The Labute approximate surface area is 156 Å². The normalized spacial score (nSPS) is 15.1. The molecular weight excluding hydrogens is 322 g/mol. The highest BCUT2D eigenvalue weighted by Crippen LogP contribution is 2.17. The molecule has 1 aliphatic rings. The largest absolute Gasteiger partial charge is 0.369 e. The van der Waals surface area contributed by atoms with Gasteiger partial charge in [0.2, 0.25) is 5.91 Å². The molecule has 26 heavy (non-hydrogen) atoms. The molecular formula is C22H29N3O. The van der Waals surface area contributed by atoms with Gasteiger partial charge in [0.25, 0.3) is 0 Å². The number of carbonyl (C=O) groups excluding carboxylic acids is 1. The molecule has 0 spiro atoms. The molecule has 4 heteroatoms. The Bertz CT molecular complexity index is 718. The summed E-state index contributed by atoms with van der Waals surface area (Å²) in [5.74, 6) is 0.0876. The highest BCUT2D eigenvalue weighted by Gasteiger charge is 2.13. The first-order chi connectivity index (χ1) is 12.6. The molecule has 0 aliphatic carbocycles. The van der Waals surface area contributed by atoms with Gasteiger partial charge >= 0.3 is 0 Å². The maximum absolute atomic E-state index is 12.1. The summed E-state index contributed by atoms with van der Waals surface area (Å²) in [6.07, 6.45) is 1.31. The maximum Gasteiger partial charge on any atom is 0.224 e. The Kier molecular flexibility index (Phi) is 6.29. The van der Waals surface area contributed by atoms with Crippen LogP contribution in [-0.4, -0.2) is 50.6 Å². The molecule has 1 amide bonds. The first-order valence-corrected chi connectivity index (χ1v) is 9.45. The predicted octanol–water partition coefficient (Wildman–Crippen LogP) is 2.65. The van der Waals surface area contributed by atoms with Crippen molar-refractivity contribution >= 4 is 11.6 Å². The summed E-state index contributed by atoms with van der Waals surface area (Å²) in [6.45, 7) is 7.14. The predicted molar refractivity (Wildman–Crippen MR) is 108 cm³/mol. The molecule has 1 heterocycles. The fourth-order valence-corrected chi connectivity index (χ4v) is 3.35. The topological polar surface area (TPSA) is 35.6 Å². The van der Waals surface area contributed by atoms with Crippen LogP contribution in [0.3, 0.4) is 0 Å². The van der Waals surface area contributed by atoms with E-state index in [2.05, 4.69) is 52.5 Å². The lowest BCUT2D eigenvalue weighted by Gasteiger charge is -2.34. The van der Waals surface area contributed by atoms with E-state index in [1.165, 1.54) is 16.8 Å². The van der Waals surface area contributed by atoms with E-state index in [0.717, 1.165) is 38.2 Å². The lowest BCUT2D eigenvalue weighted by molar-refractivity contribution is -0.120. The minimum atomic E-state index is 0.0876. The van der Waals surface area contributed by atoms with Gasteiger partial charge in [0.05, 0.1) is 6.42 Å². The van der Waals surface area contributed by atoms with Gasteiger partial charge in [-0.2, -0.15) is 0 Å². The molecule has 0 unspecified atom stereocenters. The average molecular weight is 351 g/mol. The summed E-state index contributed by atoms with van der Waals surface area (Å²) in [7, 11) is 2.17. The van der Waals surface area contributed by atoms with Gasteiger partial charge in [-0.3, -0.25) is 4.79 Å². The minimum Gasteiger partial charge on any atom is -0.369 e. The number of benzene rings is 2. The van der Waals surface area contributed by atoms with Crippen molar-refractivity contribution in [1.29, 1.82) is 0 Å². The van der Waals surface area contributed by atoms with E-state index in [0.29, 0.717) is 13.0 Å². The van der Waals surface area contributed by atoms with Crippen molar-refractivity contribution in [1.82, 2.24) is 10.2 Å². The third-order valence-corrected chi connectivity index (χ3v) is 4.99. The quantitative estimate of drug-likeness (QED) is 0.869. The van der Waals surface area contributed by atoms with Gasteiger partial charge < -0.3 is 15.1 Å². The summed E-state index contributed by atoms with van der Waals surface area (Å²) in [5, 5.41) is 3.03. The number of amides is 1. The fraction of sp³-hybridized carbons (Fsp3) is 0.409. The first-order valence-electron chi connectivity index (χ1n) is 9.45. The summed E-state index contributed by atoms with van der Waals surface area (Å²) < 4.78 is 0. The van der Waals surface area contributed by atoms with Gasteiger partial charge in [0.15, 0.2) is 0 Å². The third kappa shape index (κ3) is 5.33. The van der Waals surface area contributed by atoms with Gasteiger partial charge in [-0.1, -0.05) is 42.0 Å². The lowest BCUT2D eigenvalue weighted by Crippen LogP contribution is -2.44. The number of anilines is 1. The van der Waals surface area contributed by atoms with Gasteiger partial charge in [-0.05, 0) is 43.7 Å². The monoisotopic (exact) mass is 351 g/mol. The molecule has 0 aromatic heterocycles. The van der Waals surface area contributed by atoms with E-state index in [-0.39, 0.29) is 5.91 Å². The van der Waals surface area contributed by atoms with E-state index in [1.807, 2.05) is 25.1 Å².